The second-order valence-electron chi connectivity index (χ2n) is 43.6. The highest BCUT2D eigenvalue weighted by Crippen LogP contribution is 2.62. The fourth-order valence-corrected chi connectivity index (χ4v) is 30.3. The van der Waals surface area contributed by atoms with Crippen molar-refractivity contribution < 1.29 is 37.1 Å². The highest BCUT2D eigenvalue weighted by molar-refractivity contribution is 7.11. The smallest absolute Gasteiger partial charge is 0.294 e. The van der Waals surface area contributed by atoms with Crippen LogP contribution in [0.15, 0.2) is 205 Å². The fraction of sp³-hybridized carbons (Fsp3) is 0.477. The summed E-state index contributed by atoms with van der Waals surface area (Å²) in [6.45, 7) is 43.8. The number of carbonyl (C=O) groups is 5. The summed E-state index contributed by atoms with van der Waals surface area (Å²) >= 11 is 8.27. The maximum Gasteiger partial charge on any atom is 0.416 e. The Bertz CT molecular complexity index is 6020. The molecule has 0 fully saturated rings. The van der Waals surface area contributed by atoms with Crippen LogP contribution in [0.1, 0.15) is 338 Å². The molecule has 5 unspecified atom stereocenters. The molecule has 0 N–H and O–H groups in total. The van der Waals surface area contributed by atoms with Gasteiger partial charge in [-0.05, 0) is 166 Å². The number of benzene rings is 3. The van der Waals surface area contributed by atoms with Gasteiger partial charge in [-0.3, -0.25) is 33.9 Å². The number of pyridine rings is 2. The molecule has 10 aliphatic rings. The van der Waals surface area contributed by atoms with Crippen LogP contribution in [0.25, 0.3) is 0 Å². The number of nitrogens with zero attached hydrogens (tertiary/aromatic N) is 7. The molecule has 10 aliphatic carbocycles. The number of alkyl halides is 3. The van der Waals surface area contributed by atoms with E-state index in [1.165, 1.54) is 104 Å². The van der Waals surface area contributed by atoms with Gasteiger partial charge in [0.15, 0.2) is 28.9 Å². The summed E-state index contributed by atoms with van der Waals surface area (Å²) in [5.74, 6) is 1.85. The van der Waals surface area contributed by atoms with Gasteiger partial charge in [0.2, 0.25) is 0 Å². The maximum absolute atomic E-state index is 13.5. The van der Waals surface area contributed by atoms with Gasteiger partial charge >= 0.3 is 6.18 Å². The zero-order chi connectivity index (χ0) is 93.9. The summed E-state index contributed by atoms with van der Waals surface area (Å²) in [5, 5.41) is 0. The molecule has 20 rings (SSSR count). The first-order chi connectivity index (χ1) is 61.9. The molecule has 686 valence electrons. The lowest BCUT2D eigenvalue weighted by Gasteiger charge is -2.45. The number of fused-ring (bicyclic) bond motifs is 5. The molecule has 7 heterocycles. The third kappa shape index (κ3) is 16.9. The number of halogens is 3. The van der Waals surface area contributed by atoms with Crippen LogP contribution in [0, 0.1) is 27.1 Å². The Hall–Kier alpha value is -9.05. The SMILES string of the molecule is CCC1(c2cccc(C(C)(C)C)c2)C2=C(Cc3ncsc31)CC(C)(C)CC2=O.CCC1(c2cccc(C(C)C)c2)C2=C(Cc3ncsc31)CC(C)(C)CC2=O.CCC1(c2cccc(C(F)(F)F)c2)C2=C(Cc3ncsc31)CC(C)(C)CC2=O.CCC1(c2cccnc2)C2=C(Cc3ncsc31)CC(C)(C)CC2=O.CCC1(c2ccncc2)C2=C(Cc3ncsc31)CC(C)(C)CC2=O. The molecule has 0 amide bonds. The van der Waals surface area contributed by atoms with E-state index in [4.69, 9.17) is 9.97 Å². The van der Waals surface area contributed by atoms with Crippen LogP contribution in [-0.2, 0) is 94.7 Å². The predicted molar refractivity (Wildman–Crippen MR) is 525 cm³/mol. The normalized spacial score (nSPS) is 24.6. The molecule has 0 bridgehead atoms. The van der Waals surface area contributed by atoms with Gasteiger partial charge < -0.3 is 0 Å². The first kappa shape index (κ1) is 95.1. The number of hydrogen-bond acceptors (Lipinski definition) is 17. The van der Waals surface area contributed by atoms with Crippen molar-refractivity contribution in [3.63, 3.8) is 0 Å². The predicted octanol–water partition coefficient (Wildman–Crippen LogP) is 27.6. The zero-order valence-electron chi connectivity index (χ0n) is 80.0. The molecule has 0 saturated heterocycles. The summed E-state index contributed by atoms with van der Waals surface area (Å²) in [7, 11) is 0. The van der Waals surface area contributed by atoms with Crippen LogP contribution in [0.4, 0.5) is 13.2 Å². The summed E-state index contributed by atoms with van der Waals surface area (Å²) < 4.78 is 40.3. The molecule has 0 aliphatic heterocycles. The average Bonchev–Trinajstić information content (AvgIpc) is 1.72. The number of hydrogen-bond donors (Lipinski definition) is 0. The quantitative estimate of drug-likeness (QED) is 0.120. The first-order valence-corrected chi connectivity index (χ1v) is 51.4. The second-order valence-corrected chi connectivity index (χ2v) is 47.9. The minimum Gasteiger partial charge on any atom is -0.294 e. The van der Waals surface area contributed by atoms with E-state index >= 15 is 0 Å². The molecule has 0 radical (unpaired) electrons. The van der Waals surface area contributed by atoms with Crippen LogP contribution in [-0.4, -0.2) is 63.8 Å². The zero-order valence-corrected chi connectivity index (χ0v) is 84.1. The minimum atomic E-state index is -4.42. The van der Waals surface area contributed by atoms with Crippen molar-refractivity contribution in [3.05, 3.63) is 302 Å². The molecule has 20 heteroatoms. The van der Waals surface area contributed by atoms with E-state index in [0.29, 0.717) is 85.1 Å². The molecule has 0 saturated carbocycles. The Labute approximate surface area is 792 Å². The average molecular weight is 1860 g/mol. The van der Waals surface area contributed by atoms with Crippen LogP contribution in [0.3, 0.4) is 0 Å². The van der Waals surface area contributed by atoms with Gasteiger partial charge in [-0.1, -0.05) is 239 Å². The van der Waals surface area contributed by atoms with E-state index in [-0.39, 0.29) is 59.9 Å². The van der Waals surface area contributed by atoms with E-state index in [1.54, 1.807) is 63.1 Å². The third-order valence-corrected chi connectivity index (χ3v) is 35.1. The lowest BCUT2D eigenvalue weighted by atomic mass is 9.58. The summed E-state index contributed by atoms with van der Waals surface area (Å²) in [5.41, 5.74) is 31.5. The number of aromatic nitrogens is 7. The molecular weight excluding hydrogens is 1730 g/mol. The standard InChI is InChI=1S/C25H31NOS.C24H29NOS.C22H22F3NOS.2C20H22N2OS/c1-7-25(18-10-8-9-17(12-18)23(2,3)4)21-16(11-19-22(25)28-15-26-19)13-24(5,6)14-20(21)27;1-6-24(18-9-7-8-16(10-18)15(2)3)21-17(11-19-22(24)27-14-25-19)12-23(4,5)13-20(21)26;1-4-21(14-6-5-7-15(9-14)22(23,24)25)18-13(8-16-19(21)28-12-26-16)10-20(2,3)11-17(18)27;1-4-20(14-5-7-21-8-6-14)17-13(9-15-18(20)24-12-22-15)10-19(2,3)11-16(17)23;1-4-20(14-6-5-7-21-11-14)17-13(8-15-18(20)24-12-22-15)9-19(2,3)10-16(17)23/h8-10,12,15H,7,11,13-14H2,1-6H3;7-10,14-15H,6,11-13H2,1-5H3;5-7,9,12H,4,8,10-11H2,1-3H3;5-8,12H,4,9-11H2,1-3H3;5-7,11-12H,4,8-10H2,1-3H3. The highest BCUT2D eigenvalue weighted by atomic mass is 32.1. The van der Waals surface area contributed by atoms with Crippen LogP contribution in [0.5, 0.6) is 0 Å². The van der Waals surface area contributed by atoms with Gasteiger partial charge in [-0.25, -0.2) is 24.9 Å². The Morgan fingerprint density at radius 1 is 0.328 bits per heavy atom. The second kappa shape index (κ2) is 35.3. The molecule has 131 heavy (non-hydrogen) atoms. The van der Waals surface area contributed by atoms with Gasteiger partial charge in [-0.2, -0.15) is 13.2 Å². The van der Waals surface area contributed by atoms with Crippen molar-refractivity contribution in [3.8, 4) is 0 Å². The Kier molecular flexibility index (Phi) is 25.7. The van der Waals surface area contributed by atoms with E-state index in [2.05, 4.69) is 223 Å². The molecule has 3 aromatic carbocycles. The molecule has 12 nitrogen and oxygen atoms in total. The summed E-state index contributed by atoms with van der Waals surface area (Å²) in [6, 6.07) is 31.6. The topological polar surface area (TPSA) is 176 Å². The van der Waals surface area contributed by atoms with Crippen LogP contribution >= 0.6 is 56.7 Å². The Morgan fingerprint density at radius 3 is 0.885 bits per heavy atom. The number of Topliss-reactive ketones (excluding diaryl/α,β-unsaturated/α-hetero) is 5. The fourth-order valence-electron chi connectivity index (χ4n) is 24.7. The number of carbonyl (C=O) groups excluding carboxylic acids is 5. The van der Waals surface area contributed by atoms with E-state index in [9.17, 15) is 37.1 Å². The van der Waals surface area contributed by atoms with Crippen LogP contribution in [0.2, 0.25) is 0 Å². The Balaban J connectivity index is 0.000000120. The van der Waals surface area contributed by atoms with E-state index < -0.39 is 17.2 Å². The van der Waals surface area contributed by atoms with Gasteiger partial charge in [0.05, 0.1) is 88.7 Å². The maximum atomic E-state index is 13.5. The number of rotatable bonds is 11. The lowest BCUT2D eigenvalue weighted by molar-refractivity contribution is -0.137. The summed E-state index contributed by atoms with van der Waals surface area (Å²) in [4.78, 5) is 105. The van der Waals surface area contributed by atoms with Crippen molar-refractivity contribution in [2.45, 2.75) is 311 Å². The van der Waals surface area contributed by atoms with Gasteiger partial charge in [0, 0.05) is 141 Å². The summed E-state index contributed by atoms with van der Waals surface area (Å²) in [6.07, 6.45) is 18.6. The van der Waals surface area contributed by atoms with E-state index in [0.717, 1.165) is 145 Å². The third-order valence-electron chi connectivity index (χ3n) is 29.9. The number of thiazole rings is 5. The first-order valence-electron chi connectivity index (χ1n) is 47.0. The van der Waals surface area contributed by atoms with Crippen molar-refractivity contribution in [2.24, 2.45) is 27.1 Å². The molecular formula is C111H126F3N7O5S5. The number of ketones is 5. The molecule has 5 atom stereocenters. The Morgan fingerprint density at radius 2 is 0.603 bits per heavy atom. The monoisotopic (exact) mass is 1850 g/mol. The van der Waals surface area contributed by atoms with Gasteiger partial charge in [0.1, 0.15) is 0 Å². The van der Waals surface area contributed by atoms with Gasteiger partial charge in [0.25, 0.3) is 0 Å². The van der Waals surface area contributed by atoms with Crippen molar-refractivity contribution in [1.29, 1.82) is 0 Å². The highest BCUT2D eigenvalue weighted by Gasteiger charge is 2.57. The minimum absolute atomic E-state index is 0.0379. The van der Waals surface area contributed by atoms with Crippen LogP contribution < -0.4 is 0 Å². The van der Waals surface area contributed by atoms with E-state index in [1.807, 2.05) is 53.6 Å². The largest absolute Gasteiger partial charge is 0.416 e. The van der Waals surface area contributed by atoms with Crippen molar-refractivity contribution in [1.82, 2.24) is 34.9 Å². The molecule has 10 aromatic rings. The number of allylic oxidation sites excluding steroid dienone is 10. The van der Waals surface area contributed by atoms with Gasteiger partial charge in [-0.15, -0.1) is 56.7 Å². The molecule has 0 spiro atoms. The lowest BCUT2D eigenvalue weighted by Crippen LogP contribution is -2.42. The van der Waals surface area contributed by atoms with Crippen molar-refractivity contribution >= 4 is 85.6 Å². The molecule has 7 aromatic heterocycles. The van der Waals surface area contributed by atoms with Crippen molar-refractivity contribution in [2.75, 3.05) is 0 Å².